The molecule has 1 saturated carbocycles. The van der Waals surface area contributed by atoms with Crippen molar-refractivity contribution in [1.29, 1.82) is 0 Å². The summed E-state index contributed by atoms with van der Waals surface area (Å²) in [5.74, 6) is 0.812. The highest BCUT2D eigenvalue weighted by atomic mass is 16.3. The Bertz CT molecular complexity index is 191. The van der Waals surface area contributed by atoms with E-state index in [2.05, 4.69) is 10.6 Å². The Morgan fingerprint density at radius 1 is 1.12 bits per heavy atom. The number of nitrogens with one attached hydrogen (secondary N) is 2. The average Bonchev–Trinajstić information content (AvgIpc) is 2.31. The molecule has 0 saturated heterocycles. The second-order valence-electron chi connectivity index (χ2n) is 4.55. The van der Waals surface area contributed by atoms with Crippen LogP contribution >= 0.6 is 0 Å². The minimum atomic E-state index is -0.107. The maximum atomic E-state index is 11.3. The number of rotatable bonds is 6. The molecule has 0 aliphatic heterocycles. The summed E-state index contributed by atoms with van der Waals surface area (Å²) < 4.78 is 0. The standard InChI is InChI=1S/C12H24N2O2/c15-10-4-8-13-12(16)14-9-7-11-5-2-1-3-6-11/h11,15H,1-10H2,(H2,13,14,16). The first-order chi connectivity index (χ1) is 7.83. The molecule has 4 heteroatoms. The summed E-state index contributed by atoms with van der Waals surface area (Å²) in [6.07, 6.45) is 8.47. The Morgan fingerprint density at radius 2 is 1.81 bits per heavy atom. The maximum Gasteiger partial charge on any atom is 0.314 e. The van der Waals surface area contributed by atoms with Gasteiger partial charge in [-0.1, -0.05) is 32.1 Å². The smallest absolute Gasteiger partial charge is 0.314 e. The van der Waals surface area contributed by atoms with Crippen LogP contribution in [0.25, 0.3) is 0 Å². The van der Waals surface area contributed by atoms with Gasteiger partial charge < -0.3 is 15.7 Å². The highest BCUT2D eigenvalue weighted by molar-refractivity contribution is 5.73. The molecule has 1 aliphatic rings. The Balaban J connectivity index is 1.94. The van der Waals surface area contributed by atoms with Crippen molar-refractivity contribution in [3.63, 3.8) is 0 Å². The molecule has 0 spiro atoms. The van der Waals surface area contributed by atoms with Crippen LogP contribution in [-0.4, -0.2) is 30.8 Å². The number of aliphatic hydroxyl groups excluding tert-OH is 1. The van der Waals surface area contributed by atoms with Gasteiger partial charge in [0, 0.05) is 19.7 Å². The fraction of sp³-hybridized carbons (Fsp3) is 0.917. The molecular formula is C12H24N2O2. The molecule has 3 N–H and O–H groups in total. The van der Waals surface area contributed by atoms with Crippen molar-refractivity contribution in [1.82, 2.24) is 10.6 Å². The summed E-state index contributed by atoms with van der Waals surface area (Å²) in [7, 11) is 0. The van der Waals surface area contributed by atoms with Gasteiger partial charge in [-0.25, -0.2) is 4.79 Å². The molecule has 4 nitrogen and oxygen atoms in total. The van der Waals surface area contributed by atoms with E-state index >= 15 is 0 Å². The van der Waals surface area contributed by atoms with Crippen molar-refractivity contribution in [3.8, 4) is 0 Å². The number of hydrogen-bond acceptors (Lipinski definition) is 2. The molecule has 0 heterocycles. The van der Waals surface area contributed by atoms with Crippen molar-refractivity contribution < 1.29 is 9.90 Å². The second kappa shape index (κ2) is 8.39. The van der Waals surface area contributed by atoms with E-state index in [1.165, 1.54) is 32.1 Å². The van der Waals surface area contributed by atoms with Crippen molar-refractivity contribution in [2.45, 2.75) is 44.9 Å². The van der Waals surface area contributed by atoms with Crippen LogP contribution in [-0.2, 0) is 0 Å². The molecular weight excluding hydrogens is 204 g/mol. The zero-order chi connectivity index (χ0) is 11.6. The van der Waals surface area contributed by atoms with Crippen molar-refractivity contribution in [3.05, 3.63) is 0 Å². The SMILES string of the molecule is O=C(NCCCO)NCCC1CCCCC1. The first-order valence-electron chi connectivity index (χ1n) is 6.45. The number of carbonyl (C=O) groups is 1. The Labute approximate surface area is 97.8 Å². The van der Waals surface area contributed by atoms with E-state index in [9.17, 15) is 4.79 Å². The quantitative estimate of drug-likeness (QED) is 0.605. The third-order valence-electron chi connectivity index (χ3n) is 3.18. The van der Waals surface area contributed by atoms with Gasteiger partial charge in [-0.2, -0.15) is 0 Å². The molecule has 16 heavy (non-hydrogen) atoms. The summed E-state index contributed by atoms with van der Waals surface area (Å²) in [5.41, 5.74) is 0. The summed E-state index contributed by atoms with van der Waals surface area (Å²) >= 11 is 0. The molecule has 0 atom stereocenters. The maximum absolute atomic E-state index is 11.3. The predicted molar refractivity (Wildman–Crippen MR) is 64.3 cm³/mol. The lowest BCUT2D eigenvalue weighted by atomic mass is 9.87. The summed E-state index contributed by atoms with van der Waals surface area (Å²) in [6, 6.07) is -0.107. The molecule has 0 bridgehead atoms. The van der Waals surface area contributed by atoms with Gasteiger partial charge in [-0.05, 0) is 18.8 Å². The van der Waals surface area contributed by atoms with Gasteiger partial charge in [0.1, 0.15) is 0 Å². The van der Waals surface area contributed by atoms with E-state index in [-0.39, 0.29) is 12.6 Å². The van der Waals surface area contributed by atoms with Crippen LogP contribution in [0, 0.1) is 5.92 Å². The fourth-order valence-corrected chi connectivity index (χ4v) is 2.21. The van der Waals surface area contributed by atoms with Crippen LogP contribution in [0.15, 0.2) is 0 Å². The summed E-state index contributed by atoms with van der Waals surface area (Å²) in [6.45, 7) is 1.45. The van der Waals surface area contributed by atoms with Gasteiger partial charge in [0.2, 0.25) is 0 Å². The highest BCUT2D eigenvalue weighted by Gasteiger charge is 2.12. The lowest BCUT2D eigenvalue weighted by molar-refractivity contribution is 0.236. The van der Waals surface area contributed by atoms with Crippen LogP contribution < -0.4 is 10.6 Å². The first-order valence-corrected chi connectivity index (χ1v) is 6.45. The lowest BCUT2D eigenvalue weighted by Crippen LogP contribution is -2.37. The predicted octanol–water partition coefficient (Wildman–Crippen LogP) is 1.64. The van der Waals surface area contributed by atoms with E-state index in [0.29, 0.717) is 13.0 Å². The topological polar surface area (TPSA) is 61.4 Å². The zero-order valence-electron chi connectivity index (χ0n) is 10.0. The molecule has 0 aromatic rings. The van der Waals surface area contributed by atoms with Crippen LogP contribution in [0.1, 0.15) is 44.9 Å². The molecule has 1 fully saturated rings. The van der Waals surface area contributed by atoms with Crippen LogP contribution in [0.2, 0.25) is 0 Å². The molecule has 0 aromatic heterocycles. The average molecular weight is 228 g/mol. The van der Waals surface area contributed by atoms with Crippen LogP contribution in [0.3, 0.4) is 0 Å². The van der Waals surface area contributed by atoms with E-state index in [1.54, 1.807) is 0 Å². The van der Waals surface area contributed by atoms with Gasteiger partial charge in [0.05, 0.1) is 0 Å². The largest absolute Gasteiger partial charge is 0.396 e. The number of urea groups is 1. The molecule has 0 unspecified atom stereocenters. The molecule has 0 aromatic carbocycles. The van der Waals surface area contributed by atoms with Gasteiger partial charge in [-0.15, -0.1) is 0 Å². The van der Waals surface area contributed by atoms with Crippen molar-refractivity contribution in [2.75, 3.05) is 19.7 Å². The minimum absolute atomic E-state index is 0.107. The number of hydrogen-bond donors (Lipinski definition) is 3. The molecule has 1 rings (SSSR count). The third kappa shape index (κ3) is 5.95. The third-order valence-corrected chi connectivity index (χ3v) is 3.18. The molecule has 2 amide bonds. The first kappa shape index (κ1) is 13.3. The highest BCUT2D eigenvalue weighted by Crippen LogP contribution is 2.25. The zero-order valence-corrected chi connectivity index (χ0v) is 10.0. The summed E-state index contributed by atoms with van der Waals surface area (Å²) in [5, 5.41) is 14.1. The van der Waals surface area contributed by atoms with Gasteiger partial charge in [-0.3, -0.25) is 0 Å². The Kier molecular flexibility index (Phi) is 6.97. The number of aliphatic hydroxyl groups is 1. The molecule has 94 valence electrons. The van der Waals surface area contributed by atoms with Gasteiger partial charge in [0.15, 0.2) is 0 Å². The van der Waals surface area contributed by atoms with E-state index in [1.807, 2.05) is 0 Å². The van der Waals surface area contributed by atoms with E-state index < -0.39 is 0 Å². The normalized spacial score (nSPS) is 17.1. The van der Waals surface area contributed by atoms with Crippen molar-refractivity contribution >= 4 is 6.03 Å². The molecule has 0 radical (unpaired) electrons. The van der Waals surface area contributed by atoms with Gasteiger partial charge >= 0.3 is 6.03 Å². The van der Waals surface area contributed by atoms with E-state index in [4.69, 9.17) is 5.11 Å². The Morgan fingerprint density at radius 3 is 2.50 bits per heavy atom. The lowest BCUT2D eigenvalue weighted by Gasteiger charge is -2.21. The van der Waals surface area contributed by atoms with E-state index in [0.717, 1.165) is 18.9 Å². The van der Waals surface area contributed by atoms with Crippen LogP contribution in [0.4, 0.5) is 4.79 Å². The van der Waals surface area contributed by atoms with Crippen LogP contribution in [0.5, 0.6) is 0 Å². The fourth-order valence-electron chi connectivity index (χ4n) is 2.21. The number of carbonyl (C=O) groups excluding carboxylic acids is 1. The summed E-state index contributed by atoms with van der Waals surface area (Å²) in [4.78, 5) is 11.3. The number of amides is 2. The second-order valence-corrected chi connectivity index (χ2v) is 4.55. The Hall–Kier alpha value is -0.770. The monoisotopic (exact) mass is 228 g/mol. The minimum Gasteiger partial charge on any atom is -0.396 e. The molecule has 1 aliphatic carbocycles. The van der Waals surface area contributed by atoms with Gasteiger partial charge in [0.25, 0.3) is 0 Å². The van der Waals surface area contributed by atoms with Crippen molar-refractivity contribution in [2.24, 2.45) is 5.92 Å².